The summed E-state index contributed by atoms with van der Waals surface area (Å²) in [7, 11) is 3.19. The predicted molar refractivity (Wildman–Crippen MR) is 61.3 cm³/mol. The molecule has 0 spiro atoms. The van der Waals surface area contributed by atoms with Crippen molar-refractivity contribution in [2.45, 2.75) is 12.3 Å². The van der Waals surface area contributed by atoms with Crippen molar-refractivity contribution in [3.8, 4) is 11.5 Å². The van der Waals surface area contributed by atoms with Crippen molar-refractivity contribution in [3.05, 3.63) is 23.8 Å². The minimum Gasteiger partial charge on any atom is -0.493 e. The lowest BCUT2D eigenvalue weighted by atomic mass is 10.1. The molecule has 0 N–H and O–H groups in total. The number of carbonyl (C=O) groups is 1. The zero-order valence-electron chi connectivity index (χ0n) is 9.20. The molecule has 0 amide bonds. The Morgan fingerprint density at radius 2 is 2.00 bits per heavy atom. The smallest absolute Gasteiger partial charge is 0.225 e. The first-order valence-corrected chi connectivity index (χ1v) is 5.46. The van der Waals surface area contributed by atoms with E-state index in [0.29, 0.717) is 11.5 Å². The maximum absolute atomic E-state index is 11.0. The van der Waals surface area contributed by atoms with E-state index < -0.39 is 0 Å². The normalized spacial score (nSPS) is 22.7. The molecule has 0 saturated heterocycles. The molecule has 1 aromatic rings. The minimum atomic E-state index is -0.250. The van der Waals surface area contributed by atoms with Gasteiger partial charge in [0.05, 0.1) is 14.2 Å². The lowest BCUT2D eigenvalue weighted by Crippen LogP contribution is -1.94. The highest BCUT2D eigenvalue weighted by Gasteiger charge is 2.43. The van der Waals surface area contributed by atoms with E-state index in [4.69, 9.17) is 21.1 Å². The fourth-order valence-electron chi connectivity index (χ4n) is 1.90. The lowest BCUT2D eigenvalue weighted by Gasteiger charge is -2.09. The predicted octanol–water partition coefficient (Wildman–Crippen LogP) is 2.57. The van der Waals surface area contributed by atoms with Gasteiger partial charge in [0.15, 0.2) is 11.5 Å². The molecule has 16 heavy (non-hydrogen) atoms. The average molecular weight is 241 g/mol. The molecule has 3 nitrogen and oxygen atoms in total. The Balaban J connectivity index is 2.21. The van der Waals surface area contributed by atoms with Gasteiger partial charge in [-0.25, -0.2) is 0 Å². The van der Waals surface area contributed by atoms with Gasteiger partial charge >= 0.3 is 0 Å². The van der Waals surface area contributed by atoms with E-state index >= 15 is 0 Å². The molecule has 0 aromatic heterocycles. The minimum absolute atomic E-state index is 0.0280. The number of hydrogen-bond acceptors (Lipinski definition) is 3. The summed E-state index contributed by atoms with van der Waals surface area (Å²) in [5, 5.41) is -0.250. The van der Waals surface area contributed by atoms with Gasteiger partial charge < -0.3 is 9.47 Å². The summed E-state index contributed by atoms with van der Waals surface area (Å²) < 4.78 is 10.4. The van der Waals surface area contributed by atoms with Crippen molar-refractivity contribution < 1.29 is 14.3 Å². The highest BCUT2D eigenvalue weighted by atomic mass is 35.5. The van der Waals surface area contributed by atoms with Crippen molar-refractivity contribution >= 4 is 16.8 Å². The van der Waals surface area contributed by atoms with Gasteiger partial charge in [-0.3, -0.25) is 4.79 Å². The van der Waals surface area contributed by atoms with Crippen LogP contribution in [0, 0.1) is 5.92 Å². The van der Waals surface area contributed by atoms with Crippen molar-refractivity contribution in [1.82, 2.24) is 0 Å². The van der Waals surface area contributed by atoms with Gasteiger partial charge in [0.2, 0.25) is 5.24 Å². The number of methoxy groups -OCH3 is 2. The molecule has 4 heteroatoms. The summed E-state index contributed by atoms with van der Waals surface area (Å²) in [6, 6.07) is 5.71. The maximum atomic E-state index is 11.0. The first-order chi connectivity index (χ1) is 7.67. The molecule has 0 bridgehead atoms. The summed E-state index contributed by atoms with van der Waals surface area (Å²) in [6.45, 7) is 0. The standard InChI is InChI=1S/C12H13ClO3/c1-15-10-4-3-7(5-11(10)16-2)8-6-9(8)12(13)14/h3-5,8-9H,6H2,1-2H3. The Morgan fingerprint density at radius 3 is 2.50 bits per heavy atom. The van der Waals surface area contributed by atoms with Crippen LogP contribution >= 0.6 is 11.6 Å². The van der Waals surface area contributed by atoms with Gasteiger partial charge in [-0.2, -0.15) is 0 Å². The molecule has 0 aliphatic heterocycles. The van der Waals surface area contributed by atoms with Crippen LogP contribution in [0.15, 0.2) is 18.2 Å². The third-order valence-corrected chi connectivity index (χ3v) is 3.20. The van der Waals surface area contributed by atoms with Crippen LogP contribution in [0.5, 0.6) is 11.5 Å². The third kappa shape index (κ3) is 2.00. The van der Waals surface area contributed by atoms with Crippen molar-refractivity contribution in [3.63, 3.8) is 0 Å². The van der Waals surface area contributed by atoms with Crippen LogP contribution in [-0.2, 0) is 4.79 Å². The van der Waals surface area contributed by atoms with Crippen LogP contribution in [0.25, 0.3) is 0 Å². The molecule has 0 heterocycles. The summed E-state index contributed by atoms with van der Waals surface area (Å²) >= 11 is 5.46. The van der Waals surface area contributed by atoms with Crippen LogP contribution in [0.1, 0.15) is 17.9 Å². The Morgan fingerprint density at radius 1 is 1.31 bits per heavy atom. The van der Waals surface area contributed by atoms with Crippen molar-refractivity contribution in [2.24, 2.45) is 5.92 Å². The molecule has 1 aliphatic carbocycles. The summed E-state index contributed by atoms with van der Waals surface area (Å²) in [6.07, 6.45) is 0.831. The quantitative estimate of drug-likeness (QED) is 0.759. The zero-order valence-corrected chi connectivity index (χ0v) is 9.95. The van der Waals surface area contributed by atoms with Gasteiger partial charge in [-0.15, -0.1) is 0 Å². The average Bonchev–Trinajstić information content (AvgIpc) is 3.08. The van der Waals surface area contributed by atoms with E-state index in [-0.39, 0.29) is 17.1 Å². The third-order valence-electron chi connectivity index (χ3n) is 2.92. The molecule has 1 fully saturated rings. The Kier molecular flexibility index (Phi) is 3.06. The van der Waals surface area contributed by atoms with E-state index in [1.165, 1.54) is 0 Å². The van der Waals surface area contributed by atoms with E-state index in [0.717, 1.165) is 12.0 Å². The highest BCUT2D eigenvalue weighted by molar-refractivity contribution is 6.64. The Hall–Kier alpha value is -1.22. The molecule has 1 aromatic carbocycles. The van der Waals surface area contributed by atoms with E-state index in [1.807, 2.05) is 18.2 Å². The first-order valence-electron chi connectivity index (χ1n) is 5.08. The topological polar surface area (TPSA) is 35.5 Å². The molecule has 86 valence electrons. The second kappa shape index (κ2) is 4.34. The van der Waals surface area contributed by atoms with Crippen molar-refractivity contribution in [1.29, 1.82) is 0 Å². The van der Waals surface area contributed by atoms with Crippen LogP contribution < -0.4 is 9.47 Å². The number of rotatable bonds is 4. The summed E-state index contributed by atoms with van der Waals surface area (Å²) in [4.78, 5) is 11.0. The molecule has 1 aliphatic rings. The maximum Gasteiger partial charge on any atom is 0.225 e. The van der Waals surface area contributed by atoms with E-state index in [2.05, 4.69) is 0 Å². The number of halogens is 1. The van der Waals surface area contributed by atoms with E-state index in [1.54, 1.807) is 14.2 Å². The fourth-order valence-corrected chi connectivity index (χ4v) is 2.14. The van der Waals surface area contributed by atoms with Gasteiger partial charge in [-0.1, -0.05) is 6.07 Å². The largest absolute Gasteiger partial charge is 0.493 e. The lowest BCUT2D eigenvalue weighted by molar-refractivity contribution is -0.112. The van der Waals surface area contributed by atoms with Gasteiger partial charge in [-0.05, 0) is 41.6 Å². The SMILES string of the molecule is COc1ccc(C2CC2C(=O)Cl)cc1OC. The highest BCUT2D eigenvalue weighted by Crippen LogP contribution is 2.50. The van der Waals surface area contributed by atoms with Gasteiger partial charge in [0.25, 0.3) is 0 Å². The molecule has 2 atom stereocenters. The van der Waals surface area contributed by atoms with Crippen LogP contribution in [-0.4, -0.2) is 19.5 Å². The zero-order chi connectivity index (χ0) is 11.7. The Labute approximate surface area is 99.3 Å². The molecule has 2 rings (SSSR count). The van der Waals surface area contributed by atoms with Crippen molar-refractivity contribution in [2.75, 3.05) is 14.2 Å². The molecule has 1 saturated carbocycles. The first kappa shape index (κ1) is 11.3. The molecule has 2 unspecified atom stereocenters. The number of benzene rings is 1. The number of carbonyl (C=O) groups excluding carboxylic acids is 1. The number of hydrogen-bond donors (Lipinski definition) is 0. The molecular weight excluding hydrogens is 228 g/mol. The number of ether oxygens (including phenoxy) is 2. The second-order valence-electron chi connectivity index (χ2n) is 3.87. The summed E-state index contributed by atoms with van der Waals surface area (Å²) in [5.41, 5.74) is 1.08. The van der Waals surface area contributed by atoms with Crippen LogP contribution in [0.4, 0.5) is 0 Å². The van der Waals surface area contributed by atoms with E-state index in [9.17, 15) is 4.79 Å². The monoisotopic (exact) mass is 240 g/mol. The molecular formula is C12H13ClO3. The van der Waals surface area contributed by atoms with Crippen LogP contribution in [0.2, 0.25) is 0 Å². The second-order valence-corrected chi connectivity index (χ2v) is 4.24. The van der Waals surface area contributed by atoms with Gasteiger partial charge in [0, 0.05) is 5.92 Å². The van der Waals surface area contributed by atoms with Gasteiger partial charge in [0.1, 0.15) is 0 Å². The Bertz CT molecular complexity index is 417. The molecule has 0 radical (unpaired) electrons. The fraction of sp³-hybridized carbons (Fsp3) is 0.417. The summed E-state index contributed by atoms with van der Waals surface area (Å²) in [5.74, 6) is 1.60. The van der Waals surface area contributed by atoms with Crippen LogP contribution in [0.3, 0.4) is 0 Å².